The minimum Gasteiger partial charge on any atom is -0.469 e. The third-order valence-electron chi connectivity index (χ3n) is 2.70. The van der Waals surface area contributed by atoms with Crippen molar-refractivity contribution >= 4 is 11.5 Å². The zero-order valence-corrected chi connectivity index (χ0v) is 10.1. The third kappa shape index (κ3) is 2.72. The smallest absolute Gasteiger partial charge is 0.313 e. The molecular formula is C14H18O2. The van der Waals surface area contributed by atoms with Crippen LogP contribution in [0.15, 0.2) is 30.8 Å². The molecular weight excluding hydrogens is 200 g/mol. The summed E-state index contributed by atoms with van der Waals surface area (Å²) in [4.78, 5) is 11.5. The van der Waals surface area contributed by atoms with Crippen LogP contribution in [0.1, 0.15) is 37.3 Å². The lowest BCUT2D eigenvalue weighted by atomic mass is 9.95. The molecule has 0 amide bonds. The molecule has 0 radical (unpaired) electrons. The quantitative estimate of drug-likeness (QED) is 0.724. The highest BCUT2D eigenvalue weighted by Crippen LogP contribution is 2.22. The van der Waals surface area contributed by atoms with Gasteiger partial charge in [-0.05, 0) is 24.5 Å². The number of carbonyl (C=O) groups is 1. The van der Waals surface area contributed by atoms with E-state index in [4.69, 9.17) is 4.74 Å². The first-order valence-electron chi connectivity index (χ1n) is 5.43. The minimum atomic E-state index is -0.175. The maximum absolute atomic E-state index is 11.5. The number of carbonyl (C=O) groups excluding carboxylic acids is 1. The van der Waals surface area contributed by atoms with E-state index in [9.17, 15) is 4.79 Å². The average molecular weight is 218 g/mol. The molecule has 86 valence electrons. The van der Waals surface area contributed by atoms with Crippen LogP contribution in [0.3, 0.4) is 0 Å². The van der Waals surface area contributed by atoms with Crippen LogP contribution in [-0.4, -0.2) is 13.1 Å². The van der Waals surface area contributed by atoms with Crippen molar-refractivity contribution in [2.45, 2.75) is 26.2 Å². The maximum Gasteiger partial charge on any atom is 0.313 e. The summed E-state index contributed by atoms with van der Waals surface area (Å²) >= 11 is 0. The molecule has 0 saturated heterocycles. The molecule has 2 heteroatoms. The summed E-state index contributed by atoms with van der Waals surface area (Å²) in [5.41, 5.74) is 3.13. The Kier molecular flexibility index (Phi) is 4.29. The molecule has 1 atom stereocenters. The monoisotopic (exact) mass is 218 g/mol. The first-order chi connectivity index (χ1) is 7.60. The van der Waals surface area contributed by atoms with Crippen molar-refractivity contribution in [3.63, 3.8) is 0 Å². The van der Waals surface area contributed by atoms with Crippen molar-refractivity contribution in [1.82, 2.24) is 0 Å². The van der Waals surface area contributed by atoms with Crippen LogP contribution in [-0.2, 0) is 9.53 Å². The molecule has 1 unspecified atom stereocenters. The summed E-state index contributed by atoms with van der Waals surface area (Å²) in [5.74, 6) is -0.338. The predicted octanol–water partition coefficient (Wildman–Crippen LogP) is 3.39. The highest BCUT2D eigenvalue weighted by Gasteiger charge is 2.18. The second-order valence-electron chi connectivity index (χ2n) is 3.89. The van der Waals surface area contributed by atoms with E-state index >= 15 is 0 Å². The fourth-order valence-electron chi connectivity index (χ4n) is 1.68. The van der Waals surface area contributed by atoms with Crippen LogP contribution in [0.25, 0.3) is 5.57 Å². The average Bonchev–Trinajstić information content (AvgIpc) is 2.30. The van der Waals surface area contributed by atoms with Gasteiger partial charge < -0.3 is 4.74 Å². The Labute approximate surface area is 96.9 Å². The minimum absolute atomic E-state index is 0.163. The largest absolute Gasteiger partial charge is 0.469 e. The van der Waals surface area contributed by atoms with Gasteiger partial charge in [-0.2, -0.15) is 0 Å². The third-order valence-corrected chi connectivity index (χ3v) is 2.70. The lowest BCUT2D eigenvalue weighted by molar-refractivity contribution is -0.142. The van der Waals surface area contributed by atoms with E-state index in [-0.39, 0.29) is 11.9 Å². The Hall–Kier alpha value is -1.57. The molecule has 0 spiro atoms. The lowest BCUT2D eigenvalue weighted by Gasteiger charge is -2.13. The molecule has 0 heterocycles. The molecule has 2 nitrogen and oxygen atoms in total. The molecule has 1 rings (SSSR count). The fraction of sp³-hybridized carbons (Fsp3) is 0.357. The number of esters is 1. The number of rotatable bonds is 4. The Bertz CT molecular complexity index is 376. The van der Waals surface area contributed by atoms with Gasteiger partial charge in [-0.25, -0.2) is 0 Å². The molecule has 0 bridgehead atoms. The summed E-state index contributed by atoms with van der Waals surface area (Å²) in [6, 6.07) is 7.91. The molecule has 0 aliphatic carbocycles. The second kappa shape index (κ2) is 5.50. The van der Waals surface area contributed by atoms with Crippen LogP contribution < -0.4 is 0 Å². The molecule has 0 saturated carbocycles. The van der Waals surface area contributed by atoms with Crippen LogP contribution in [0, 0.1) is 0 Å². The van der Waals surface area contributed by atoms with Gasteiger partial charge in [0.15, 0.2) is 0 Å². The molecule has 0 N–H and O–H groups in total. The molecule has 1 aromatic carbocycles. The molecule has 0 fully saturated rings. The molecule has 0 aromatic heterocycles. The second-order valence-corrected chi connectivity index (χ2v) is 3.89. The van der Waals surface area contributed by atoms with Crippen LogP contribution >= 0.6 is 0 Å². The van der Waals surface area contributed by atoms with Crippen molar-refractivity contribution in [3.05, 3.63) is 42.0 Å². The molecule has 1 aromatic rings. The van der Waals surface area contributed by atoms with E-state index in [1.54, 1.807) is 0 Å². The Morgan fingerprint density at radius 1 is 1.38 bits per heavy atom. The van der Waals surface area contributed by atoms with Gasteiger partial charge in [0.25, 0.3) is 0 Å². The first-order valence-corrected chi connectivity index (χ1v) is 5.43. The highest BCUT2D eigenvalue weighted by atomic mass is 16.5. The summed E-state index contributed by atoms with van der Waals surface area (Å²) < 4.78 is 4.78. The summed E-state index contributed by atoms with van der Waals surface area (Å²) in [7, 11) is 1.42. The highest BCUT2D eigenvalue weighted by molar-refractivity contribution is 5.78. The van der Waals surface area contributed by atoms with E-state index in [1.165, 1.54) is 7.11 Å². The van der Waals surface area contributed by atoms with Crippen molar-refractivity contribution in [1.29, 1.82) is 0 Å². The molecule has 0 aliphatic heterocycles. The van der Waals surface area contributed by atoms with Gasteiger partial charge in [-0.3, -0.25) is 4.79 Å². The molecule has 16 heavy (non-hydrogen) atoms. The van der Waals surface area contributed by atoms with Gasteiger partial charge in [0.2, 0.25) is 0 Å². The van der Waals surface area contributed by atoms with Crippen LogP contribution in [0.5, 0.6) is 0 Å². The first kappa shape index (κ1) is 12.5. The van der Waals surface area contributed by atoms with Gasteiger partial charge in [-0.1, -0.05) is 43.3 Å². The number of allylic oxidation sites excluding steroid dienone is 1. The molecule has 0 aliphatic rings. The number of hydrogen-bond donors (Lipinski definition) is 0. The number of methoxy groups -OCH3 is 1. The van der Waals surface area contributed by atoms with E-state index in [1.807, 2.05) is 38.1 Å². The van der Waals surface area contributed by atoms with E-state index in [2.05, 4.69) is 6.58 Å². The normalized spacial score (nSPS) is 11.9. The maximum atomic E-state index is 11.5. The topological polar surface area (TPSA) is 26.3 Å². The van der Waals surface area contributed by atoms with Crippen molar-refractivity contribution < 1.29 is 9.53 Å². The van der Waals surface area contributed by atoms with Gasteiger partial charge in [0.1, 0.15) is 0 Å². The predicted molar refractivity (Wildman–Crippen MR) is 66.2 cm³/mol. The van der Waals surface area contributed by atoms with E-state index < -0.39 is 0 Å². The number of ether oxygens (including phenoxy) is 1. The van der Waals surface area contributed by atoms with Gasteiger partial charge in [0, 0.05) is 0 Å². The number of benzene rings is 1. The summed E-state index contributed by atoms with van der Waals surface area (Å²) in [6.07, 6.45) is 0.749. The van der Waals surface area contributed by atoms with Crippen molar-refractivity contribution in [3.8, 4) is 0 Å². The fourth-order valence-corrected chi connectivity index (χ4v) is 1.68. The zero-order valence-electron chi connectivity index (χ0n) is 10.1. The summed E-state index contributed by atoms with van der Waals surface area (Å²) in [6.45, 7) is 7.83. The Morgan fingerprint density at radius 2 is 1.94 bits per heavy atom. The van der Waals surface area contributed by atoms with Crippen LogP contribution in [0.2, 0.25) is 0 Å². The van der Waals surface area contributed by atoms with E-state index in [0.29, 0.717) is 0 Å². The SMILES string of the molecule is C=C(C)c1ccc(C(CC)C(=O)OC)cc1. The summed E-state index contributed by atoms with van der Waals surface area (Å²) in [5, 5.41) is 0. The van der Waals surface area contributed by atoms with Crippen molar-refractivity contribution in [2.75, 3.05) is 7.11 Å². The lowest BCUT2D eigenvalue weighted by Crippen LogP contribution is -2.13. The van der Waals surface area contributed by atoms with Gasteiger partial charge in [-0.15, -0.1) is 0 Å². The Morgan fingerprint density at radius 3 is 2.31 bits per heavy atom. The van der Waals surface area contributed by atoms with Crippen molar-refractivity contribution in [2.24, 2.45) is 0 Å². The van der Waals surface area contributed by atoms with E-state index in [0.717, 1.165) is 23.1 Å². The van der Waals surface area contributed by atoms with Gasteiger partial charge >= 0.3 is 5.97 Å². The van der Waals surface area contributed by atoms with Crippen LogP contribution in [0.4, 0.5) is 0 Å². The zero-order chi connectivity index (χ0) is 12.1. The number of hydrogen-bond acceptors (Lipinski definition) is 2. The van der Waals surface area contributed by atoms with Gasteiger partial charge in [0.05, 0.1) is 13.0 Å². The standard InChI is InChI=1S/C14H18O2/c1-5-13(14(15)16-4)12-8-6-11(7-9-12)10(2)3/h6-9,13H,2,5H2,1,3-4H3. The Balaban J connectivity index is 2.95.